The number of halogens is 4. The van der Waals surface area contributed by atoms with Gasteiger partial charge in [-0.25, -0.2) is 4.99 Å². The minimum absolute atomic E-state index is 0. The molecule has 0 heterocycles. The van der Waals surface area contributed by atoms with Crippen molar-refractivity contribution in [2.75, 3.05) is 6.54 Å². The number of benzene rings is 1. The Balaban J connectivity index is 0.00000400. The molecule has 4 nitrogen and oxygen atoms in total. The predicted molar refractivity (Wildman–Crippen MR) is 94.4 cm³/mol. The summed E-state index contributed by atoms with van der Waals surface area (Å²) in [6, 6.07) is 4.79. The predicted octanol–water partition coefficient (Wildman–Crippen LogP) is 3.87. The van der Waals surface area contributed by atoms with Gasteiger partial charge in [0.05, 0.1) is 6.54 Å². The molecule has 0 aliphatic heterocycles. The zero-order chi connectivity index (χ0) is 15.0. The van der Waals surface area contributed by atoms with Crippen molar-refractivity contribution < 1.29 is 13.5 Å². The van der Waals surface area contributed by atoms with E-state index < -0.39 is 6.61 Å². The van der Waals surface area contributed by atoms with Crippen molar-refractivity contribution in [3.8, 4) is 5.75 Å². The van der Waals surface area contributed by atoms with Gasteiger partial charge in [0.25, 0.3) is 0 Å². The third-order valence-electron chi connectivity index (χ3n) is 2.49. The van der Waals surface area contributed by atoms with Gasteiger partial charge in [0.1, 0.15) is 5.75 Å². The highest BCUT2D eigenvalue weighted by atomic mass is 127. The van der Waals surface area contributed by atoms with Crippen LogP contribution in [0.25, 0.3) is 0 Å². The van der Waals surface area contributed by atoms with Crippen LogP contribution < -0.4 is 15.8 Å². The molecule has 0 saturated carbocycles. The first kappa shape index (κ1) is 20.4. The Hall–Kier alpha value is -0.640. The molecule has 120 valence electrons. The molecule has 1 aromatic rings. The van der Waals surface area contributed by atoms with Crippen LogP contribution in [-0.4, -0.2) is 19.1 Å². The average molecular weight is 478 g/mol. The van der Waals surface area contributed by atoms with E-state index in [9.17, 15) is 8.78 Å². The maximum absolute atomic E-state index is 12.3. The molecule has 3 N–H and O–H groups in total. The van der Waals surface area contributed by atoms with Crippen LogP contribution in [0, 0.1) is 0 Å². The molecule has 21 heavy (non-hydrogen) atoms. The van der Waals surface area contributed by atoms with Gasteiger partial charge in [-0.3, -0.25) is 0 Å². The summed E-state index contributed by atoms with van der Waals surface area (Å²) in [4.78, 5) is 4.11. The quantitative estimate of drug-likeness (QED) is 0.271. The lowest BCUT2D eigenvalue weighted by molar-refractivity contribution is -0.0504. The number of nitrogens with zero attached hydrogens (tertiary/aromatic N) is 1. The molecule has 0 spiro atoms. The first-order valence-electron chi connectivity index (χ1n) is 6.30. The number of hydrogen-bond acceptors (Lipinski definition) is 2. The lowest BCUT2D eigenvalue weighted by atomic mass is 10.2. The number of unbranched alkanes of at least 4 members (excludes halogenated alkanes) is 1. The van der Waals surface area contributed by atoms with E-state index in [0.29, 0.717) is 11.5 Å². The Bertz CT molecular complexity index is 461. The maximum Gasteiger partial charge on any atom is 0.387 e. The second-order valence-electron chi connectivity index (χ2n) is 4.11. The van der Waals surface area contributed by atoms with E-state index in [4.69, 9.17) is 5.73 Å². The van der Waals surface area contributed by atoms with Crippen LogP contribution in [0.3, 0.4) is 0 Å². The SMILES string of the molecule is CCCCNC(N)=NCc1cc(Br)ccc1OC(F)F.I. The normalized spacial score (nSPS) is 11.2. The van der Waals surface area contributed by atoms with Crippen LogP contribution in [0.1, 0.15) is 25.3 Å². The fourth-order valence-electron chi connectivity index (χ4n) is 1.50. The molecule has 0 bridgehead atoms. The number of rotatable bonds is 7. The molecule has 0 aromatic heterocycles. The maximum atomic E-state index is 12.3. The average Bonchev–Trinajstić information content (AvgIpc) is 2.39. The summed E-state index contributed by atoms with van der Waals surface area (Å²) in [5.74, 6) is 0.398. The highest BCUT2D eigenvalue weighted by molar-refractivity contribution is 14.0. The molecule has 8 heteroatoms. The molecule has 0 atom stereocenters. The number of ether oxygens (including phenoxy) is 1. The Morgan fingerprint density at radius 1 is 1.48 bits per heavy atom. The summed E-state index contributed by atoms with van der Waals surface area (Å²) in [5, 5.41) is 2.96. The first-order chi connectivity index (χ1) is 9.52. The molecule has 0 amide bonds. The molecule has 0 aliphatic carbocycles. The Labute approximate surface area is 148 Å². The molecular weight excluding hydrogens is 459 g/mol. The Morgan fingerprint density at radius 2 is 2.19 bits per heavy atom. The van der Waals surface area contributed by atoms with Crippen LogP contribution in [-0.2, 0) is 6.54 Å². The van der Waals surface area contributed by atoms with Gasteiger partial charge in [0, 0.05) is 16.6 Å². The third kappa shape index (κ3) is 8.40. The number of guanidine groups is 1. The summed E-state index contributed by atoms with van der Waals surface area (Å²) in [5.41, 5.74) is 6.23. The van der Waals surface area contributed by atoms with Crippen LogP contribution in [0.4, 0.5) is 8.78 Å². The second-order valence-corrected chi connectivity index (χ2v) is 5.03. The molecule has 0 unspecified atom stereocenters. The van der Waals surface area contributed by atoms with Crippen molar-refractivity contribution in [3.05, 3.63) is 28.2 Å². The van der Waals surface area contributed by atoms with E-state index in [2.05, 4.69) is 37.9 Å². The molecule has 0 radical (unpaired) electrons. The lowest BCUT2D eigenvalue weighted by Gasteiger charge is -2.10. The van der Waals surface area contributed by atoms with E-state index in [1.807, 2.05) is 0 Å². The van der Waals surface area contributed by atoms with Gasteiger partial charge in [-0.2, -0.15) is 8.78 Å². The first-order valence-corrected chi connectivity index (χ1v) is 7.09. The lowest BCUT2D eigenvalue weighted by Crippen LogP contribution is -2.32. The number of aliphatic imine (C=N–C) groups is 1. The highest BCUT2D eigenvalue weighted by Crippen LogP contribution is 2.25. The second kappa shape index (κ2) is 11.0. The number of hydrogen-bond donors (Lipinski definition) is 2. The van der Waals surface area contributed by atoms with Gasteiger partial charge in [0.2, 0.25) is 0 Å². The molecule has 0 fully saturated rings. The summed E-state index contributed by atoms with van der Waals surface area (Å²) >= 11 is 3.28. The molecule has 0 aliphatic rings. The van der Waals surface area contributed by atoms with Gasteiger partial charge in [-0.15, -0.1) is 24.0 Å². The number of nitrogens with two attached hydrogens (primary N) is 1. The highest BCUT2D eigenvalue weighted by Gasteiger charge is 2.10. The van der Waals surface area contributed by atoms with E-state index in [0.717, 1.165) is 23.9 Å². The number of nitrogens with one attached hydrogen (secondary N) is 1. The van der Waals surface area contributed by atoms with Crippen molar-refractivity contribution in [1.82, 2.24) is 5.32 Å². The molecule has 1 aromatic carbocycles. The van der Waals surface area contributed by atoms with E-state index in [1.165, 1.54) is 6.07 Å². The van der Waals surface area contributed by atoms with Crippen LogP contribution in [0.15, 0.2) is 27.7 Å². The van der Waals surface area contributed by atoms with Crippen molar-refractivity contribution in [2.24, 2.45) is 10.7 Å². The van der Waals surface area contributed by atoms with Crippen LogP contribution in [0.5, 0.6) is 5.75 Å². The topological polar surface area (TPSA) is 59.6 Å². The summed E-state index contributed by atoms with van der Waals surface area (Å²) in [6.07, 6.45) is 2.05. The Morgan fingerprint density at radius 3 is 2.81 bits per heavy atom. The van der Waals surface area contributed by atoms with Crippen molar-refractivity contribution >= 4 is 45.9 Å². The largest absolute Gasteiger partial charge is 0.434 e. The minimum atomic E-state index is -2.86. The molecule has 1 rings (SSSR count). The van der Waals surface area contributed by atoms with E-state index in [-0.39, 0.29) is 36.3 Å². The van der Waals surface area contributed by atoms with E-state index in [1.54, 1.807) is 12.1 Å². The van der Waals surface area contributed by atoms with Crippen LogP contribution >= 0.6 is 39.9 Å². The number of alkyl halides is 2. The van der Waals surface area contributed by atoms with Crippen molar-refractivity contribution in [2.45, 2.75) is 32.9 Å². The fourth-order valence-corrected chi connectivity index (χ4v) is 1.91. The monoisotopic (exact) mass is 477 g/mol. The van der Waals surface area contributed by atoms with Crippen LogP contribution in [0.2, 0.25) is 0 Å². The third-order valence-corrected chi connectivity index (χ3v) is 2.99. The fraction of sp³-hybridized carbons (Fsp3) is 0.462. The van der Waals surface area contributed by atoms with Crippen molar-refractivity contribution in [1.29, 1.82) is 0 Å². The van der Waals surface area contributed by atoms with Gasteiger partial charge in [-0.05, 0) is 24.6 Å². The van der Waals surface area contributed by atoms with E-state index >= 15 is 0 Å². The standard InChI is InChI=1S/C13H18BrF2N3O.HI/c1-2-3-6-18-13(17)19-8-9-7-10(14)4-5-11(9)20-12(15)16;/h4-5,7,12H,2-3,6,8H2,1H3,(H3,17,18,19);1H. The zero-order valence-electron chi connectivity index (χ0n) is 11.6. The van der Waals surface area contributed by atoms with Gasteiger partial charge in [-0.1, -0.05) is 29.3 Å². The summed E-state index contributed by atoms with van der Waals surface area (Å²) < 4.78 is 29.8. The minimum Gasteiger partial charge on any atom is -0.434 e. The molecular formula is C13H19BrF2IN3O. The van der Waals surface area contributed by atoms with Gasteiger partial charge < -0.3 is 15.8 Å². The zero-order valence-corrected chi connectivity index (χ0v) is 15.5. The Kier molecular flexibility index (Phi) is 10.7. The smallest absolute Gasteiger partial charge is 0.387 e. The molecule has 0 saturated heterocycles. The summed E-state index contributed by atoms with van der Waals surface area (Å²) in [6.45, 7) is 0.126. The van der Waals surface area contributed by atoms with Crippen molar-refractivity contribution in [3.63, 3.8) is 0 Å². The summed E-state index contributed by atoms with van der Waals surface area (Å²) in [7, 11) is 0. The van der Waals surface area contributed by atoms with Gasteiger partial charge >= 0.3 is 6.61 Å². The van der Waals surface area contributed by atoms with Gasteiger partial charge in [0.15, 0.2) is 5.96 Å².